The molecule has 0 aromatic heterocycles. The van der Waals surface area contributed by atoms with Crippen molar-refractivity contribution >= 4 is 11.7 Å². The van der Waals surface area contributed by atoms with Gasteiger partial charge in [-0.25, -0.2) is 4.79 Å². The third-order valence-corrected chi connectivity index (χ3v) is 6.44. The van der Waals surface area contributed by atoms with E-state index in [4.69, 9.17) is 4.74 Å². The van der Waals surface area contributed by atoms with Crippen LogP contribution in [0.3, 0.4) is 0 Å². The number of hydrogen-bond donors (Lipinski definition) is 2. The Bertz CT molecular complexity index is 1120. The highest BCUT2D eigenvalue weighted by atomic mass is 16.5. The molecule has 5 nitrogen and oxygen atoms in total. The summed E-state index contributed by atoms with van der Waals surface area (Å²) in [5.41, 5.74) is 6.94. The smallest absolute Gasteiger partial charge is 0.335 e. The molecule has 5 heteroatoms. The molecular formula is C29H33NO4. The summed E-state index contributed by atoms with van der Waals surface area (Å²) < 4.78 is 5.93. The second-order valence-electron chi connectivity index (χ2n) is 8.80. The van der Waals surface area contributed by atoms with Crippen molar-refractivity contribution in [3.05, 3.63) is 71.8 Å². The molecule has 0 aliphatic carbocycles. The van der Waals surface area contributed by atoms with Gasteiger partial charge in [-0.15, -0.1) is 0 Å². The van der Waals surface area contributed by atoms with Crippen molar-refractivity contribution < 1.29 is 19.7 Å². The quantitative estimate of drug-likeness (QED) is 0.387. The van der Waals surface area contributed by atoms with Crippen LogP contribution in [0.1, 0.15) is 48.5 Å². The fraction of sp³-hybridized carbons (Fsp3) is 0.345. The fourth-order valence-electron chi connectivity index (χ4n) is 4.60. The Morgan fingerprint density at radius 1 is 0.941 bits per heavy atom. The van der Waals surface area contributed by atoms with E-state index >= 15 is 0 Å². The highest BCUT2D eigenvalue weighted by Gasteiger charge is 2.17. The largest absolute Gasteiger partial charge is 0.491 e. The Kier molecular flexibility index (Phi) is 7.86. The Morgan fingerprint density at radius 2 is 1.68 bits per heavy atom. The maximum atomic E-state index is 11.2. The summed E-state index contributed by atoms with van der Waals surface area (Å²) >= 11 is 0. The number of aromatic carboxylic acids is 1. The van der Waals surface area contributed by atoms with Crippen LogP contribution in [0.5, 0.6) is 5.75 Å². The number of nitrogens with zero attached hydrogens (tertiary/aromatic N) is 1. The van der Waals surface area contributed by atoms with E-state index in [0.717, 1.165) is 60.4 Å². The van der Waals surface area contributed by atoms with Crippen LogP contribution in [0.4, 0.5) is 5.69 Å². The van der Waals surface area contributed by atoms with Gasteiger partial charge in [0.15, 0.2) is 0 Å². The molecule has 0 atom stereocenters. The average Bonchev–Trinajstić information content (AvgIpc) is 3.41. The summed E-state index contributed by atoms with van der Waals surface area (Å²) in [7, 11) is 0. The van der Waals surface area contributed by atoms with E-state index in [1.54, 1.807) is 12.1 Å². The lowest BCUT2D eigenvalue weighted by Crippen LogP contribution is -2.17. The number of ether oxygens (including phenoxy) is 1. The Hall–Kier alpha value is -3.31. The average molecular weight is 460 g/mol. The fourth-order valence-corrected chi connectivity index (χ4v) is 4.60. The highest BCUT2D eigenvalue weighted by Crippen LogP contribution is 2.38. The number of carboxylic acid groups (broad SMARTS) is 1. The lowest BCUT2D eigenvalue weighted by molar-refractivity contribution is 0.0697. The van der Waals surface area contributed by atoms with Crippen LogP contribution in [-0.4, -0.2) is 42.5 Å². The van der Waals surface area contributed by atoms with E-state index in [2.05, 4.69) is 36.1 Å². The first-order valence-electron chi connectivity index (χ1n) is 12.2. The predicted octanol–water partition coefficient (Wildman–Crippen LogP) is 6.03. The third kappa shape index (κ3) is 5.42. The number of carboxylic acids is 1. The molecule has 3 aromatic rings. The molecule has 1 saturated heterocycles. The van der Waals surface area contributed by atoms with Gasteiger partial charge >= 0.3 is 5.97 Å². The van der Waals surface area contributed by atoms with Crippen LogP contribution in [-0.2, 0) is 6.42 Å². The molecule has 1 aliphatic heterocycles. The number of rotatable bonds is 10. The summed E-state index contributed by atoms with van der Waals surface area (Å²) in [6.07, 6.45) is 5.71. The van der Waals surface area contributed by atoms with Gasteiger partial charge in [0.2, 0.25) is 0 Å². The Labute approximate surface area is 201 Å². The van der Waals surface area contributed by atoms with Crippen LogP contribution in [0.15, 0.2) is 60.7 Å². The number of unbranched alkanes of at least 4 members (excludes halogenated alkanes) is 1. The summed E-state index contributed by atoms with van der Waals surface area (Å²) in [4.78, 5) is 13.7. The zero-order chi connectivity index (χ0) is 23.9. The number of aryl methyl sites for hydroxylation is 1. The number of hydrogen-bond acceptors (Lipinski definition) is 4. The molecule has 178 valence electrons. The molecule has 0 radical (unpaired) electrons. The van der Waals surface area contributed by atoms with E-state index in [1.165, 1.54) is 24.1 Å². The molecule has 0 amide bonds. The molecular weight excluding hydrogens is 426 g/mol. The first kappa shape index (κ1) is 23.8. The second-order valence-corrected chi connectivity index (χ2v) is 8.80. The number of aliphatic hydroxyl groups excluding tert-OH is 1. The van der Waals surface area contributed by atoms with Crippen LogP contribution in [0.25, 0.3) is 22.3 Å². The Balaban J connectivity index is 1.78. The second kappa shape index (κ2) is 11.2. The van der Waals surface area contributed by atoms with E-state index in [1.807, 2.05) is 24.3 Å². The number of anilines is 1. The lowest BCUT2D eigenvalue weighted by atomic mass is 9.92. The minimum Gasteiger partial charge on any atom is -0.491 e. The molecule has 1 fully saturated rings. The molecule has 0 saturated carbocycles. The maximum absolute atomic E-state index is 11.2. The van der Waals surface area contributed by atoms with Crippen molar-refractivity contribution in [3.8, 4) is 28.0 Å². The summed E-state index contributed by atoms with van der Waals surface area (Å²) in [6.45, 7) is 4.62. The Morgan fingerprint density at radius 3 is 2.35 bits per heavy atom. The van der Waals surface area contributed by atoms with E-state index in [9.17, 15) is 15.0 Å². The van der Waals surface area contributed by atoms with Crippen LogP contribution >= 0.6 is 0 Å². The van der Waals surface area contributed by atoms with Gasteiger partial charge in [-0.2, -0.15) is 0 Å². The molecule has 2 N–H and O–H groups in total. The minimum absolute atomic E-state index is 0.0472. The van der Waals surface area contributed by atoms with Gasteiger partial charge in [-0.3, -0.25) is 0 Å². The zero-order valence-electron chi connectivity index (χ0n) is 19.8. The van der Waals surface area contributed by atoms with Crippen molar-refractivity contribution in [2.75, 3.05) is 31.2 Å². The molecule has 3 aromatic carbocycles. The van der Waals surface area contributed by atoms with Crippen molar-refractivity contribution in [1.29, 1.82) is 0 Å². The van der Waals surface area contributed by atoms with Crippen LogP contribution in [0, 0.1) is 0 Å². The predicted molar refractivity (Wildman–Crippen MR) is 137 cm³/mol. The summed E-state index contributed by atoms with van der Waals surface area (Å²) in [5.74, 6) is -0.190. The van der Waals surface area contributed by atoms with Gasteiger partial charge in [0, 0.05) is 24.3 Å². The lowest BCUT2D eigenvalue weighted by Gasteiger charge is -2.21. The molecule has 0 unspecified atom stereocenters. The monoisotopic (exact) mass is 459 g/mol. The first-order chi connectivity index (χ1) is 16.6. The van der Waals surface area contributed by atoms with Crippen LogP contribution in [0.2, 0.25) is 0 Å². The van der Waals surface area contributed by atoms with E-state index in [0.29, 0.717) is 0 Å². The molecule has 1 aliphatic rings. The first-order valence-corrected chi connectivity index (χ1v) is 12.2. The summed E-state index contributed by atoms with van der Waals surface area (Å²) in [6, 6.07) is 19.7. The number of carbonyl (C=O) groups is 1. The van der Waals surface area contributed by atoms with Gasteiger partial charge in [0.05, 0.1) is 12.2 Å². The van der Waals surface area contributed by atoms with Gasteiger partial charge in [-0.1, -0.05) is 37.6 Å². The van der Waals surface area contributed by atoms with Gasteiger partial charge in [-0.05, 0) is 84.3 Å². The normalized spacial score (nSPS) is 13.3. The third-order valence-electron chi connectivity index (χ3n) is 6.44. The maximum Gasteiger partial charge on any atom is 0.335 e. The van der Waals surface area contributed by atoms with E-state index in [-0.39, 0.29) is 18.8 Å². The van der Waals surface area contributed by atoms with Gasteiger partial charge in [0.25, 0.3) is 0 Å². The van der Waals surface area contributed by atoms with Crippen molar-refractivity contribution in [2.24, 2.45) is 0 Å². The van der Waals surface area contributed by atoms with Gasteiger partial charge < -0.3 is 19.8 Å². The number of aliphatic hydroxyl groups is 1. The molecule has 0 spiro atoms. The molecule has 4 rings (SSSR count). The van der Waals surface area contributed by atoms with Gasteiger partial charge in [0.1, 0.15) is 12.4 Å². The standard InChI is InChI=1S/C29H33NO4/c1-2-3-6-24-19-25(30-15-4-5-16-30)12-13-26(24)27-20-23(11-14-28(27)34-18-17-31)21-7-9-22(10-8-21)29(32)33/h7-14,19-20,31H,2-6,15-18H2,1H3,(H,32,33). The molecule has 0 bridgehead atoms. The number of benzene rings is 3. The van der Waals surface area contributed by atoms with Crippen molar-refractivity contribution in [3.63, 3.8) is 0 Å². The molecule has 34 heavy (non-hydrogen) atoms. The topological polar surface area (TPSA) is 70.0 Å². The SMILES string of the molecule is CCCCc1cc(N2CCCC2)ccc1-c1cc(-c2ccc(C(=O)O)cc2)ccc1OCCO. The van der Waals surface area contributed by atoms with Crippen LogP contribution < -0.4 is 9.64 Å². The zero-order valence-corrected chi connectivity index (χ0v) is 19.8. The van der Waals surface area contributed by atoms with Crippen molar-refractivity contribution in [1.82, 2.24) is 0 Å². The highest BCUT2D eigenvalue weighted by molar-refractivity contribution is 5.88. The van der Waals surface area contributed by atoms with Crippen molar-refractivity contribution in [2.45, 2.75) is 39.0 Å². The summed E-state index contributed by atoms with van der Waals surface area (Å²) in [5, 5.41) is 18.6. The molecule has 1 heterocycles. The minimum atomic E-state index is -0.932. The van der Waals surface area contributed by atoms with E-state index < -0.39 is 5.97 Å².